The number of carbonyl (C=O) groups is 3. The maximum atomic E-state index is 12.7. The molecule has 24 heavy (non-hydrogen) atoms. The Morgan fingerprint density at radius 1 is 1.00 bits per heavy atom. The molecule has 0 fully saturated rings. The summed E-state index contributed by atoms with van der Waals surface area (Å²) in [5.41, 5.74) is 0.948. The maximum absolute atomic E-state index is 12.7. The first-order valence-corrected chi connectivity index (χ1v) is 8.06. The molecule has 0 aliphatic rings. The van der Waals surface area contributed by atoms with Gasteiger partial charge in [0.05, 0.1) is 18.4 Å². The fourth-order valence-corrected chi connectivity index (χ4v) is 2.51. The van der Waals surface area contributed by atoms with Crippen LogP contribution in [-0.2, 0) is 14.4 Å². The molecule has 5 N–H and O–H groups in total. The Balaban J connectivity index is 5.50. The Kier molecular flexibility index (Phi) is 8.92. The van der Waals surface area contributed by atoms with E-state index in [9.17, 15) is 19.5 Å². The van der Waals surface area contributed by atoms with Crippen LogP contribution < -0.4 is 16.1 Å². The molecule has 140 valence electrons. The number of hydrogen-bond donors (Lipinski definition) is 5. The fraction of sp³-hybridized carbons (Fsp3) is 0.812. The number of hydroxylamine groups is 1. The number of aliphatic hydroxyl groups excluding tert-OH is 1. The molecular weight excluding hydrogens is 314 g/mol. The maximum Gasteiger partial charge on any atom is 0.249 e. The van der Waals surface area contributed by atoms with Gasteiger partial charge in [-0.15, -0.1) is 0 Å². The van der Waals surface area contributed by atoms with E-state index in [1.54, 1.807) is 0 Å². The van der Waals surface area contributed by atoms with E-state index < -0.39 is 41.7 Å². The fourth-order valence-electron chi connectivity index (χ4n) is 2.51. The van der Waals surface area contributed by atoms with Crippen LogP contribution >= 0.6 is 0 Å². The first-order valence-electron chi connectivity index (χ1n) is 8.06. The molecule has 0 spiro atoms. The van der Waals surface area contributed by atoms with Crippen LogP contribution in [0.2, 0.25) is 0 Å². The van der Waals surface area contributed by atoms with E-state index >= 15 is 0 Å². The minimum absolute atomic E-state index is 0.0781. The molecule has 0 saturated heterocycles. The first kappa shape index (κ1) is 22.3. The van der Waals surface area contributed by atoms with Crippen molar-refractivity contribution in [1.29, 1.82) is 0 Å². The molecule has 0 unspecified atom stereocenters. The van der Waals surface area contributed by atoms with E-state index in [2.05, 4.69) is 10.6 Å². The number of aliphatic hydroxyl groups is 1. The van der Waals surface area contributed by atoms with Crippen LogP contribution in [0.4, 0.5) is 0 Å². The summed E-state index contributed by atoms with van der Waals surface area (Å²) in [5, 5.41) is 23.5. The van der Waals surface area contributed by atoms with Crippen molar-refractivity contribution in [2.24, 2.45) is 23.2 Å². The standard InChI is InChI=1S/C16H31N3O5/c1-9(2)7-10(11(8-20)14(22)19-24)13(21)18-12(15(23)17-6)16(3,4)5/h9-12,20,24H,7-8H2,1-6H3,(H,17,23)(H,18,21)(H,19,22)/t10-,11+,12-/m1/s1. The Morgan fingerprint density at radius 3 is 1.88 bits per heavy atom. The molecule has 0 aromatic heterocycles. The molecule has 0 aromatic rings. The molecule has 3 amide bonds. The molecule has 0 aliphatic heterocycles. The SMILES string of the molecule is CNC(=O)[C@@H](NC(=O)[C@H](CC(C)C)[C@H](CO)C(=O)NO)C(C)(C)C. The summed E-state index contributed by atoms with van der Waals surface area (Å²) < 4.78 is 0. The predicted octanol–water partition coefficient (Wildman–Crippen LogP) is 0.0395. The molecule has 0 bridgehead atoms. The second-order valence-electron chi connectivity index (χ2n) is 7.42. The Morgan fingerprint density at radius 2 is 1.54 bits per heavy atom. The van der Waals surface area contributed by atoms with E-state index in [1.807, 2.05) is 34.6 Å². The van der Waals surface area contributed by atoms with Gasteiger partial charge in [-0.1, -0.05) is 34.6 Å². The summed E-state index contributed by atoms with van der Waals surface area (Å²) in [6.45, 7) is 8.62. The topological polar surface area (TPSA) is 128 Å². The number of nitrogens with one attached hydrogen (secondary N) is 3. The van der Waals surface area contributed by atoms with E-state index in [4.69, 9.17) is 5.21 Å². The zero-order chi connectivity index (χ0) is 19.1. The number of hydrogen-bond acceptors (Lipinski definition) is 5. The molecule has 0 heterocycles. The van der Waals surface area contributed by atoms with Gasteiger partial charge in [-0.05, 0) is 17.8 Å². The zero-order valence-corrected chi connectivity index (χ0v) is 15.3. The van der Waals surface area contributed by atoms with Gasteiger partial charge in [-0.2, -0.15) is 0 Å². The Labute approximate surface area is 143 Å². The highest BCUT2D eigenvalue weighted by atomic mass is 16.5. The number of rotatable bonds is 8. The normalized spacial score (nSPS) is 15.4. The van der Waals surface area contributed by atoms with Gasteiger partial charge in [-0.3, -0.25) is 19.6 Å². The quantitative estimate of drug-likeness (QED) is 0.313. The molecule has 8 nitrogen and oxygen atoms in total. The van der Waals surface area contributed by atoms with Crippen LogP contribution in [0.25, 0.3) is 0 Å². The van der Waals surface area contributed by atoms with E-state index in [0.29, 0.717) is 6.42 Å². The van der Waals surface area contributed by atoms with Crippen LogP contribution in [0, 0.1) is 23.2 Å². The van der Waals surface area contributed by atoms with E-state index in [1.165, 1.54) is 12.5 Å². The van der Waals surface area contributed by atoms with Gasteiger partial charge in [0.2, 0.25) is 17.7 Å². The van der Waals surface area contributed by atoms with Gasteiger partial charge in [0, 0.05) is 7.05 Å². The third-order valence-corrected chi connectivity index (χ3v) is 3.85. The molecule has 0 saturated carbocycles. The minimum Gasteiger partial charge on any atom is -0.396 e. The number of amides is 3. The minimum atomic E-state index is -1.09. The van der Waals surface area contributed by atoms with Crippen molar-refractivity contribution in [3.8, 4) is 0 Å². The Hall–Kier alpha value is -1.67. The van der Waals surface area contributed by atoms with Crippen LogP contribution in [0.1, 0.15) is 41.0 Å². The molecule has 8 heteroatoms. The lowest BCUT2D eigenvalue weighted by molar-refractivity contribution is -0.143. The lowest BCUT2D eigenvalue weighted by Gasteiger charge is -2.33. The van der Waals surface area contributed by atoms with E-state index in [-0.39, 0.29) is 11.8 Å². The third kappa shape index (κ3) is 6.45. The largest absolute Gasteiger partial charge is 0.396 e. The zero-order valence-electron chi connectivity index (χ0n) is 15.3. The molecular formula is C16H31N3O5. The van der Waals surface area contributed by atoms with Crippen molar-refractivity contribution in [1.82, 2.24) is 16.1 Å². The molecule has 0 aliphatic carbocycles. The summed E-state index contributed by atoms with van der Waals surface area (Å²) in [4.78, 5) is 36.5. The predicted molar refractivity (Wildman–Crippen MR) is 88.9 cm³/mol. The van der Waals surface area contributed by atoms with Gasteiger partial charge in [-0.25, -0.2) is 5.48 Å². The van der Waals surface area contributed by atoms with Crippen molar-refractivity contribution in [2.45, 2.75) is 47.1 Å². The average molecular weight is 345 g/mol. The summed E-state index contributed by atoms with van der Waals surface area (Å²) >= 11 is 0. The van der Waals surface area contributed by atoms with Gasteiger partial charge < -0.3 is 15.7 Å². The highest BCUT2D eigenvalue weighted by Gasteiger charge is 2.38. The lowest BCUT2D eigenvalue weighted by atomic mass is 9.82. The number of carbonyl (C=O) groups excluding carboxylic acids is 3. The van der Waals surface area contributed by atoms with Crippen molar-refractivity contribution < 1.29 is 24.7 Å². The molecule has 0 aromatic carbocycles. The monoisotopic (exact) mass is 345 g/mol. The van der Waals surface area contributed by atoms with Crippen molar-refractivity contribution in [2.75, 3.05) is 13.7 Å². The summed E-state index contributed by atoms with van der Waals surface area (Å²) in [5.74, 6) is -3.56. The smallest absolute Gasteiger partial charge is 0.249 e. The molecule has 3 atom stereocenters. The lowest BCUT2D eigenvalue weighted by Crippen LogP contribution is -2.55. The number of likely N-dealkylation sites (N-methyl/N-ethyl adjacent to an activating group) is 1. The van der Waals surface area contributed by atoms with Crippen LogP contribution in [-0.4, -0.2) is 47.7 Å². The second kappa shape index (κ2) is 9.58. The second-order valence-corrected chi connectivity index (χ2v) is 7.42. The van der Waals surface area contributed by atoms with E-state index in [0.717, 1.165) is 0 Å². The highest BCUT2D eigenvalue weighted by Crippen LogP contribution is 2.24. The van der Waals surface area contributed by atoms with Crippen LogP contribution in [0.5, 0.6) is 0 Å². The van der Waals surface area contributed by atoms with Crippen LogP contribution in [0.3, 0.4) is 0 Å². The highest BCUT2D eigenvalue weighted by molar-refractivity contribution is 5.91. The van der Waals surface area contributed by atoms with Gasteiger partial charge in [0.25, 0.3) is 0 Å². The summed E-state index contributed by atoms with van der Waals surface area (Å²) in [6.07, 6.45) is 0.328. The van der Waals surface area contributed by atoms with Crippen LogP contribution in [0.15, 0.2) is 0 Å². The van der Waals surface area contributed by atoms with Crippen molar-refractivity contribution >= 4 is 17.7 Å². The first-order chi connectivity index (χ1) is 11.0. The Bertz CT molecular complexity index is 445. The average Bonchev–Trinajstić information content (AvgIpc) is 2.49. The molecule has 0 radical (unpaired) electrons. The summed E-state index contributed by atoms with van der Waals surface area (Å²) in [7, 11) is 1.48. The van der Waals surface area contributed by atoms with Gasteiger partial charge in [0.15, 0.2) is 0 Å². The summed E-state index contributed by atoms with van der Waals surface area (Å²) in [6, 6.07) is -0.791. The third-order valence-electron chi connectivity index (χ3n) is 3.85. The van der Waals surface area contributed by atoms with Gasteiger partial charge >= 0.3 is 0 Å². The van der Waals surface area contributed by atoms with Crippen molar-refractivity contribution in [3.63, 3.8) is 0 Å². The molecule has 0 rings (SSSR count). The van der Waals surface area contributed by atoms with Gasteiger partial charge in [0.1, 0.15) is 6.04 Å². The van der Waals surface area contributed by atoms with Crippen molar-refractivity contribution in [3.05, 3.63) is 0 Å².